The molecule has 1 saturated carbocycles. The van der Waals surface area contributed by atoms with E-state index in [1.807, 2.05) is 0 Å². The average Bonchev–Trinajstić information content (AvgIpc) is 3.00. The Morgan fingerprint density at radius 1 is 1.65 bits per heavy atom. The van der Waals surface area contributed by atoms with Crippen LogP contribution in [-0.4, -0.2) is 35.8 Å². The summed E-state index contributed by atoms with van der Waals surface area (Å²) in [6.07, 6.45) is 0.816. The second kappa shape index (κ2) is 4.43. The molecule has 1 fully saturated rings. The first-order valence-corrected chi connectivity index (χ1v) is 7.66. The minimum Gasteiger partial charge on any atom is -0.392 e. The van der Waals surface area contributed by atoms with E-state index in [0.717, 1.165) is 11.5 Å². The number of hydrogen-bond acceptors (Lipinski definition) is 7. The Labute approximate surface area is 104 Å². The Kier molecular flexibility index (Phi) is 3.28. The van der Waals surface area contributed by atoms with Gasteiger partial charge in [-0.2, -0.15) is 4.37 Å². The van der Waals surface area contributed by atoms with Crippen molar-refractivity contribution >= 4 is 32.2 Å². The van der Waals surface area contributed by atoms with Crippen LogP contribution in [0.2, 0.25) is 0 Å². The van der Waals surface area contributed by atoms with Crippen molar-refractivity contribution in [3.05, 3.63) is 0 Å². The van der Waals surface area contributed by atoms with Gasteiger partial charge in [-0.3, -0.25) is 0 Å². The fourth-order valence-corrected chi connectivity index (χ4v) is 4.36. The summed E-state index contributed by atoms with van der Waals surface area (Å²) >= 11 is 1.01. The van der Waals surface area contributed by atoms with Crippen LogP contribution >= 0.6 is 11.5 Å². The normalized spacial score (nSPS) is 18.0. The summed E-state index contributed by atoms with van der Waals surface area (Å²) in [6.45, 7) is 1.89. The molecule has 17 heavy (non-hydrogen) atoms. The van der Waals surface area contributed by atoms with Gasteiger partial charge in [-0.05, 0) is 31.3 Å². The number of nitrogens with one attached hydrogen (secondary N) is 1. The van der Waals surface area contributed by atoms with Gasteiger partial charge in [0.1, 0.15) is 9.90 Å². The van der Waals surface area contributed by atoms with Gasteiger partial charge in [0.05, 0.1) is 11.4 Å². The Balaban J connectivity index is 2.29. The van der Waals surface area contributed by atoms with Crippen molar-refractivity contribution in [2.75, 3.05) is 17.6 Å². The Bertz CT molecular complexity index is 506. The summed E-state index contributed by atoms with van der Waals surface area (Å²) in [5.74, 6) is 0.0509. The van der Waals surface area contributed by atoms with Crippen LogP contribution in [0.3, 0.4) is 0 Å². The van der Waals surface area contributed by atoms with Gasteiger partial charge in [0.15, 0.2) is 15.7 Å². The van der Waals surface area contributed by atoms with Gasteiger partial charge in [-0.25, -0.2) is 8.42 Å². The smallest absolute Gasteiger partial charge is 0.187 e. The van der Waals surface area contributed by atoms with E-state index in [1.165, 1.54) is 0 Å². The monoisotopic (exact) mass is 277 g/mol. The topological polar surface area (TPSA) is 105 Å². The number of rotatable bonds is 5. The van der Waals surface area contributed by atoms with E-state index in [1.54, 1.807) is 6.92 Å². The lowest BCUT2D eigenvalue weighted by Gasteiger charge is -2.08. The lowest BCUT2D eigenvalue weighted by atomic mass is 10.4. The summed E-state index contributed by atoms with van der Waals surface area (Å²) in [6, 6.07) is 0. The second-order valence-electron chi connectivity index (χ2n) is 4.20. The molecule has 1 aromatic rings. The third-order valence-corrected chi connectivity index (χ3v) is 5.76. The minimum atomic E-state index is -3.35. The van der Waals surface area contributed by atoms with E-state index in [2.05, 4.69) is 9.69 Å². The molecule has 1 atom stereocenters. The van der Waals surface area contributed by atoms with E-state index >= 15 is 0 Å². The van der Waals surface area contributed by atoms with Crippen molar-refractivity contribution in [1.82, 2.24) is 4.37 Å². The molecule has 1 heterocycles. The maximum Gasteiger partial charge on any atom is 0.187 e. The van der Waals surface area contributed by atoms with Crippen LogP contribution in [0.15, 0.2) is 4.90 Å². The van der Waals surface area contributed by atoms with Gasteiger partial charge in [-0.1, -0.05) is 0 Å². The molecule has 96 valence electrons. The molecule has 1 unspecified atom stereocenters. The molecule has 1 aliphatic rings. The Morgan fingerprint density at radius 2 is 2.29 bits per heavy atom. The molecule has 0 saturated heterocycles. The zero-order chi connectivity index (χ0) is 12.6. The molecule has 2 rings (SSSR count). The fraction of sp³-hybridized carbons (Fsp3) is 0.667. The van der Waals surface area contributed by atoms with Crippen LogP contribution in [0.4, 0.5) is 10.8 Å². The molecule has 0 amide bonds. The quantitative estimate of drug-likeness (QED) is 0.722. The number of nitrogen functional groups attached to an aromatic ring is 1. The van der Waals surface area contributed by atoms with Crippen LogP contribution in [0.25, 0.3) is 0 Å². The minimum absolute atomic E-state index is 0.0509. The molecule has 0 aromatic carbocycles. The van der Waals surface area contributed by atoms with Crippen molar-refractivity contribution in [2.45, 2.75) is 36.0 Å². The molecule has 0 aliphatic heterocycles. The number of nitrogens with zero attached hydrogens (tertiary/aromatic N) is 1. The zero-order valence-corrected chi connectivity index (χ0v) is 11.0. The number of aromatic nitrogens is 1. The number of aliphatic hydroxyl groups is 1. The molecule has 0 radical (unpaired) electrons. The number of anilines is 2. The van der Waals surface area contributed by atoms with E-state index in [9.17, 15) is 13.5 Å². The first-order chi connectivity index (χ1) is 7.93. The van der Waals surface area contributed by atoms with Gasteiger partial charge in [-0.15, -0.1) is 0 Å². The van der Waals surface area contributed by atoms with Crippen LogP contribution < -0.4 is 11.1 Å². The van der Waals surface area contributed by atoms with Crippen molar-refractivity contribution < 1.29 is 13.5 Å². The van der Waals surface area contributed by atoms with Gasteiger partial charge in [0.25, 0.3) is 0 Å². The van der Waals surface area contributed by atoms with Gasteiger partial charge in [0.2, 0.25) is 0 Å². The third kappa shape index (κ3) is 2.53. The second-order valence-corrected chi connectivity index (χ2v) is 7.14. The van der Waals surface area contributed by atoms with Crippen LogP contribution in [-0.2, 0) is 9.84 Å². The van der Waals surface area contributed by atoms with Crippen molar-refractivity contribution in [1.29, 1.82) is 0 Å². The standard InChI is InChI=1S/C9H15N3O3S2/c1-5(13)4-11-9-7(8(10)12-16-9)17(14,15)6-2-3-6/h5-6,11,13H,2-4H2,1H3,(H2,10,12). The lowest BCUT2D eigenvalue weighted by Crippen LogP contribution is -2.17. The average molecular weight is 277 g/mol. The number of hydrogen-bond donors (Lipinski definition) is 3. The van der Waals surface area contributed by atoms with E-state index in [4.69, 9.17) is 5.73 Å². The summed E-state index contributed by atoms with van der Waals surface area (Å²) in [4.78, 5) is 0.102. The molecular formula is C9H15N3O3S2. The molecule has 8 heteroatoms. The highest BCUT2D eigenvalue weighted by Gasteiger charge is 2.40. The van der Waals surface area contributed by atoms with Gasteiger partial charge in [0, 0.05) is 6.54 Å². The van der Waals surface area contributed by atoms with E-state index in [0.29, 0.717) is 17.8 Å². The summed E-state index contributed by atoms with van der Waals surface area (Å²) in [7, 11) is -3.35. The molecular weight excluding hydrogens is 262 g/mol. The maximum absolute atomic E-state index is 12.1. The third-order valence-electron chi connectivity index (χ3n) is 2.48. The highest BCUT2D eigenvalue weighted by atomic mass is 32.2. The molecule has 1 aromatic heterocycles. The molecule has 0 spiro atoms. The largest absolute Gasteiger partial charge is 0.392 e. The van der Waals surface area contributed by atoms with Crippen molar-refractivity contribution in [2.24, 2.45) is 0 Å². The molecule has 6 nitrogen and oxygen atoms in total. The van der Waals surface area contributed by atoms with Gasteiger partial charge >= 0.3 is 0 Å². The highest BCUT2D eigenvalue weighted by molar-refractivity contribution is 7.92. The molecule has 4 N–H and O–H groups in total. The summed E-state index contributed by atoms with van der Waals surface area (Å²) < 4.78 is 28.1. The Morgan fingerprint density at radius 3 is 2.82 bits per heavy atom. The van der Waals surface area contributed by atoms with Crippen LogP contribution in [0.5, 0.6) is 0 Å². The number of sulfone groups is 1. The van der Waals surface area contributed by atoms with Gasteiger partial charge < -0.3 is 16.2 Å². The van der Waals surface area contributed by atoms with Crippen LogP contribution in [0, 0.1) is 0 Å². The number of aliphatic hydroxyl groups excluding tert-OH is 1. The van der Waals surface area contributed by atoms with Crippen molar-refractivity contribution in [3.63, 3.8) is 0 Å². The first-order valence-electron chi connectivity index (χ1n) is 5.34. The lowest BCUT2D eigenvalue weighted by molar-refractivity contribution is 0.208. The van der Waals surface area contributed by atoms with Crippen molar-refractivity contribution in [3.8, 4) is 0 Å². The zero-order valence-electron chi connectivity index (χ0n) is 9.38. The molecule has 1 aliphatic carbocycles. The Hall–Kier alpha value is -0.860. The number of nitrogens with two attached hydrogens (primary N) is 1. The SMILES string of the molecule is CC(O)CNc1snc(N)c1S(=O)(=O)C1CC1. The summed E-state index contributed by atoms with van der Waals surface area (Å²) in [5, 5.41) is 12.2. The van der Waals surface area contributed by atoms with Crippen LogP contribution in [0.1, 0.15) is 19.8 Å². The predicted molar refractivity (Wildman–Crippen MR) is 66.9 cm³/mol. The fourth-order valence-electron chi connectivity index (χ4n) is 1.47. The predicted octanol–water partition coefficient (Wildman–Crippen LogP) is 0.454. The first kappa shape index (κ1) is 12.6. The summed E-state index contributed by atoms with van der Waals surface area (Å²) in [5.41, 5.74) is 5.62. The van der Waals surface area contributed by atoms with E-state index < -0.39 is 15.9 Å². The maximum atomic E-state index is 12.1. The van der Waals surface area contributed by atoms with E-state index in [-0.39, 0.29) is 22.5 Å². The highest BCUT2D eigenvalue weighted by Crippen LogP contribution is 2.40. The molecule has 0 bridgehead atoms.